The number of halogens is 1. The van der Waals surface area contributed by atoms with Crippen molar-refractivity contribution < 1.29 is 9.31 Å². The molecule has 7 nitrogen and oxygen atoms in total. The highest BCUT2D eigenvalue weighted by molar-refractivity contribution is 7.98. The van der Waals surface area contributed by atoms with Gasteiger partial charge in [0, 0.05) is 18.9 Å². The van der Waals surface area contributed by atoms with E-state index >= 15 is 0 Å². The predicted molar refractivity (Wildman–Crippen MR) is 66.4 cm³/mol. The minimum absolute atomic E-state index is 0.336. The van der Waals surface area contributed by atoms with Crippen LogP contribution in [-0.2, 0) is 12.8 Å². The van der Waals surface area contributed by atoms with Crippen molar-refractivity contribution in [3.8, 4) is 0 Å². The van der Waals surface area contributed by atoms with E-state index in [4.69, 9.17) is 0 Å². The Kier molecular flexibility index (Phi) is 3.65. The number of aromatic amines is 1. The van der Waals surface area contributed by atoms with Crippen molar-refractivity contribution in [3.05, 3.63) is 50.2 Å². The van der Waals surface area contributed by atoms with E-state index in [1.165, 1.54) is 22.4 Å². The van der Waals surface area contributed by atoms with E-state index in [0.717, 1.165) is 12.1 Å². The Morgan fingerprint density at radius 3 is 2.84 bits per heavy atom. The first-order valence-corrected chi connectivity index (χ1v) is 6.14. The van der Waals surface area contributed by atoms with Crippen LogP contribution in [0, 0.1) is 15.9 Å². The van der Waals surface area contributed by atoms with Gasteiger partial charge in [0.15, 0.2) is 5.16 Å². The molecule has 0 aliphatic carbocycles. The first-order valence-electron chi connectivity index (χ1n) is 5.16. The molecule has 1 heterocycles. The van der Waals surface area contributed by atoms with Crippen LogP contribution in [0.4, 0.5) is 10.1 Å². The Hall–Kier alpha value is -2.16. The Morgan fingerprint density at radius 1 is 1.58 bits per heavy atom. The fraction of sp³-hybridized carbons (Fsp3) is 0.200. The zero-order valence-corrected chi connectivity index (χ0v) is 10.6. The number of aromatic nitrogens is 3. The molecule has 0 atom stereocenters. The molecule has 1 N–H and O–H groups in total. The van der Waals surface area contributed by atoms with Crippen molar-refractivity contribution in [2.45, 2.75) is 10.9 Å². The Balaban J connectivity index is 2.12. The van der Waals surface area contributed by atoms with Gasteiger partial charge in [-0.25, -0.2) is 9.89 Å². The summed E-state index contributed by atoms with van der Waals surface area (Å²) in [6.07, 6.45) is 0. The van der Waals surface area contributed by atoms with Crippen LogP contribution in [-0.4, -0.2) is 19.7 Å². The summed E-state index contributed by atoms with van der Waals surface area (Å²) in [5.41, 5.74) is -0.318. The molecule has 0 saturated heterocycles. The van der Waals surface area contributed by atoms with Crippen LogP contribution in [0.3, 0.4) is 0 Å². The lowest BCUT2D eigenvalue weighted by molar-refractivity contribution is -0.387. The molecule has 0 amide bonds. The van der Waals surface area contributed by atoms with Gasteiger partial charge in [0.2, 0.25) is 5.82 Å². The maximum Gasteiger partial charge on any atom is 0.343 e. The van der Waals surface area contributed by atoms with Crippen LogP contribution in [0.5, 0.6) is 0 Å². The molecule has 0 aliphatic heterocycles. The second-order valence-corrected chi connectivity index (χ2v) is 4.64. The normalized spacial score (nSPS) is 10.6. The zero-order valence-electron chi connectivity index (χ0n) is 9.79. The monoisotopic (exact) mass is 284 g/mol. The average Bonchev–Trinajstić information content (AvgIpc) is 2.67. The van der Waals surface area contributed by atoms with E-state index in [1.54, 1.807) is 7.05 Å². The number of nitro groups is 1. The molecule has 0 saturated carbocycles. The number of nitrogens with one attached hydrogen (secondary N) is 1. The standard InChI is InChI=1S/C10H9FN4O3S/c1-14-9(16)12-13-10(14)19-5-6-2-3-8(15(17)18)7(11)4-6/h2-4H,5H2,1H3,(H,12,16). The Labute approximate surface area is 110 Å². The molecule has 0 radical (unpaired) electrons. The van der Waals surface area contributed by atoms with Gasteiger partial charge in [-0.15, -0.1) is 5.10 Å². The first-order chi connectivity index (χ1) is 8.99. The molecule has 9 heteroatoms. The maximum absolute atomic E-state index is 13.4. The molecule has 100 valence electrons. The van der Waals surface area contributed by atoms with Crippen LogP contribution < -0.4 is 5.69 Å². The molecule has 0 bridgehead atoms. The minimum atomic E-state index is -0.876. The summed E-state index contributed by atoms with van der Waals surface area (Å²) in [7, 11) is 1.56. The number of rotatable bonds is 4. The number of H-pyrrole nitrogens is 1. The van der Waals surface area contributed by atoms with Crippen LogP contribution in [0.2, 0.25) is 0 Å². The molecule has 0 fully saturated rings. The number of benzene rings is 1. The van der Waals surface area contributed by atoms with Crippen molar-refractivity contribution in [1.82, 2.24) is 14.8 Å². The number of thioether (sulfide) groups is 1. The highest BCUT2D eigenvalue weighted by Crippen LogP contribution is 2.23. The predicted octanol–water partition coefficient (Wildman–Crippen LogP) is 1.45. The van der Waals surface area contributed by atoms with Crippen molar-refractivity contribution >= 4 is 17.4 Å². The smallest absolute Gasteiger partial charge is 0.273 e. The summed E-state index contributed by atoms with van der Waals surface area (Å²) < 4.78 is 14.7. The third-order valence-electron chi connectivity index (χ3n) is 2.42. The third kappa shape index (κ3) is 2.81. The molecule has 1 aromatic carbocycles. The van der Waals surface area contributed by atoms with Crippen LogP contribution in [0.1, 0.15) is 5.56 Å². The maximum atomic E-state index is 13.4. The van der Waals surface area contributed by atoms with Crippen molar-refractivity contribution in [3.63, 3.8) is 0 Å². The third-order valence-corrected chi connectivity index (χ3v) is 3.52. The van der Waals surface area contributed by atoms with Gasteiger partial charge in [-0.2, -0.15) is 4.39 Å². The van der Waals surface area contributed by atoms with E-state index in [9.17, 15) is 19.3 Å². The van der Waals surface area contributed by atoms with Gasteiger partial charge < -0.3 is 0 Å². The summed E-state index contributed by atoms with van der Waals surface area (Å²) in [5, 5.41) is 17.0. The van der Waals surface area contributed by atoms with Gasteiger partial charge in [0.25, 0.3) is 0 Å². The molecule has 1 aromatic heterocycles. The van der Waals surface area contributed by atoms with Crippen LogP contribution >= 0.6 is 11.8 Å². The quantitative estimate of drug-likeness (QED) is 0.521. The van der Waals surface area contributed by atoms with Crippen molar-refractivity contribution in [1.29, 1.82) is 0 Å². The van der Waals surface area contributed by atoms with Gasteiger partial charge >= 0.3 is 11.4 Å². The fourth-order valence-corrected chi connectivity index (χ4v) is 2.26. The number of nitro benzene ring substituents is 1. The SMILES string of the molecule is Cn1c(SCc2ccc([N+](=O)[O-])c(F)c2)n[nH]c1=O. The lowest BCUT2D eigenvalue weighted by Crippen LogP contribution is -2.12. The highest BCUT2D eigenvalue weighted by atomic mass is 32.2. The molecule has 2 aromatic rings. The second-order valence-electron chi connectivity index (χ2n) is 3.70. The van der Waals surface area contributed by atoms with Gasteiger partial charge in [-0.1, -0.05) is 17.8 Å². The number of nitrogens with zero attached hydrogens (tertiary/aromatic N) is 3. The molecule has 0 unspecified atom stereocenters. The Morgan fingerprint density at radius 2 is 2.32 bits per heavy atom. The first kappa shape index (κ1) is 13.3. The van der Waals surface area contributed by atoms with Crippen LogP contribution in [0.25, 0.3) is 0 Å². The van der Waals surface area contributed by atoms with Gasteiger partial charge in [-0.05, 0) is 11.6 Å². The largest absolute Gasteiger partial charge is 0.343 e. The van der Waals surface area contributed by atoms with E-state index in [1.807, 2.05) is 0 Å². The van der Waals surface area contributed by atoms with Crippen molar-refractivity contribution in [2.24, 2.45) is 7.05 Å². The highest BCUT2D eigenvalue weighted by Gasteiger charge is 2.14. The lowest BCUT2D eigenvalue weighted by atomic mass is 10.2. The van der Waals surface area contributed by atoms with E-state index in [-0.39, 0.29) is 5.69 Å². The fourth-order valence-electron chi connectivity index (χ4n) is 1.40. The molecular weight excluding hydrogens is 275 g/mol. The van der Waals surface area contributed by atoms with E-state index < -0.39 is 16.4 Å². The Bertz CT molecular complexity index is 682. The van der Waals surface area contributed by atoms with Crippen LogP contribution in [0.15, 0.2) is 28.2 Å². The average molecular weight is 284 g/mol. The van der Waals surface area contributed by atoms with Gasteiger partial charge in [0.1, 0.15) is 0 Å². The number of hydrogen-bond donors (Lipinski definition) is 1. The molecular formula is C10H9FN4O3S. The topological polar surface area (TPSA) is 93.8 Å². The van der Waals surface area contributed by atoms with Gasteiger partial charge in [0.05, 0.1) is 4.92 Å². The minimum Gasteiger partial charge on any atom is -0.273 e. The summed E-state index contributed by atoms with van der Waals surface area (Å²) >= 11 is 1.23. The lowest BCUT2D eigenvalue weighted by Gasteiger charge is -2.01. The summed E-state index contributed by atoms with van der Waals surface area (Å²) in [6.45, 7) is 0. The summed E-state index contributed by atoms with van der Waals surface area (Å²) in [4.78, 5) is 20.8. The molecule has 0 aliphatic rings. The number of hydrogen-bond acceptors (Lipinski definition) is 5. The zero-order chi connectivity index (χ0) is 14.0. The summed E-state index contributed by atoms with van der Waals surface area (Å²) in [5.74, 6) is -0.522. The van der Waals surface area contributed by atoms with Gasteiger partial charge in [-0.3, -0.25) is 14.7 Å². The molecule has 19 heavy (non-hydrogen) atoms. The summed E-state index contributed by atoms with van der Waals surface area (Å²) in [6, 6.07) is 3.70. The second kappa shape index (κ2) is 5.22. The van der Waals surface area contributed by atoms with E-state index in [0.29, 0.717) is 16.5 Å². The van der Waals surface area contributed by atoms with E-state index in [2.05, 4.69) is 10.2 Å². The van der Waals surface area contributed by atoms with Crippen molar-refractivity contribution in [2.75, 3.05) is 0 Å². The molecule has 2 rings (SSSR count). The molecule has 0 spiro atoms.